The highest BCUT2D eigenvalue weighted by molar-refractivity contribution is 14.1. The molecule has 1 heterocycles. The molecule has 76 valence electrons. The van der Waals surface area contributed by atoms with Gasteiger partial charge in [0.2, 0.25) is 0 Å². The number of halogens is 1. The summed E-state index contributed by atoms with van der Waals surface area (Å²) in [5.74, 6) is 0. The highest BCUT2D eigenvalue weighted by Gasteiger charge is 2.04. The number of rotatable bonds is 2. The lowest BCUT2D eigenvalue weighted by Crippen LogP contribution is -2.31. The average Bonchev–Trinajstić information content (AvgIpc) is 2.09. The van der Waals surface area contributed by atoms with E-state index in [0.29, 0.717) is 5.56 Å². The van der Waals surface area contributed by atoms with E-state index in [2.05, 4.69) is 4.98 Å². The predicted octanol–water partition coefficient (Wildman–Crippen LogP) is 1.52. The normalized spacial score (nSPS) is 11.4. The van der Waals surface area contributed by atoms with Crippen LogP contribution in [0, 0.1) is 0 Å². The quantitative estimate of drug-likeness (QED) is 0.842. The fourth-order valence-electron chi connectivity index (χ4n) is 1.07. The highest BCUT2D eigenvalue weighted by atomic mass is 127. The molecule has 0 fully saturated rings. The second-order valence-corrected chi connectivity index (χ2v) is 3.86. The van der Waals surface area contributed by atoms with Crippen LogP contribution < -0.4 is 11.2 Å². The van der Waals surface area contributed by atoms with Crippen LogP contribution in [0.3, 0.4) is 0 Å². The van der Waals surface area contributed by atoms with Gasteiger partial charge in [-0.2, -0.15) is 0 Å². The third-order valence-electron chi connectivity index (χ3n) is 1.79. The number of H-pyrrole nitrogens is 1. The molecule has 0 saturated heterocycles. The van der Waals surface area contributed by atoms with E-state index in [1.165, 1.54) is 4.57 Å². The number of hydrogen-bond acceptors (Lipinski definition) is 2. The summed E-state index contributed by atoms with van der Waals surface area (Å²) in [5, 5.41) is 0. The van der Waals surface area contributed by atoms with Crippen LogP contribution in [0.5, 0.6) is 0 Å². The molecule has 0 atom stereocenters. The molecule has 0 unspecified atom stereocenters. The van der Waals surface area contributed by atoms with Gasteiger partial charge < -0.3 is 0 Å². The molecule has 0 aliphatic carbocycles. The first kappa shape index (κ1) is 11.2. The van der Waals surface area contributed by atoms with Crippen LogP contribution >= 0.6 is 22.6 Å². The van der Waals surface area contributed by atoms with Gasteiger partial charge in [-0.05, 0) is 24.0 Å². The van der Waals surface area contributed by atoms with Gasteiger partial charge in [-0.3, -0.25) is 14.3 Å². The summed E-state index contributed by atoms with van der Waals surface area (Å²) in [6, 6.07) is 0.0423. The summed E-state index contributed by atoms with van der Waals surface area (Å²) < 4.78 is 3.23. The second-order valence-electron chi connectivity index (χ2n) is 3.14. The first-order valence-electron chi connectivity index (χ1n) is 4.18. The van der Waals surface area contributed by atoms with E-state index in [4.69, 9.17) is 0 Å². The van der Waals surface area contributed by atoms with Crippen molar-refractivity contribution in [2.45, 2.75) is 19.9 Å². The minimum absolute atomic E-state index is 0.0423. The molecular weight excluding hydrogens is 295 g/mol. The molecule has 0 spiro atoms. The fourth-order valence-corrected chi connectivity index (χ4v) is 1.46. The van der Waals surface area contributed by atoms with Crippen molar-refractivity contribution in [2.24, 2.45) is 0 Å². The van der Waals surface area contributed by atoms with Crippen molar-refractivity contribution < 1.29 is 0 Å². The predicted molar refractivity (Wildman–Crippen MR) is 64.8 cm³/mol. The molecule has 0 aromatic carbocycles. The lowest BCUT2D eigenvalue weighted by molar-refractivity contribution is 0.560. The van der Waals surface area contributed by atoms with Crippen LogP contribution in [0.2, 0.25) is 0 Å². The van der Waals surface area contributed by atoms with E-state index in [1.807, 2.05) is 36.4 Å². The maximum atomic E-state index is 11.3. The van der Waals surface area contributed by atoms with Crippen molar-refractivity contribution in [1.82, 2.24) is 9.55 Å². The number of hydrogen-bond donors (Lipinski definition) is 1. The molecule has 1 rings (SSSR count). The van der Waals surface area contributed by atoms with Gasteiger partial charge in [0.25, 0.3) is 5.56 Å². The van der Waals surface area contributed by atoms with Crippen molar-refractivity contribution >= 4 is 28.7 Å². The Labute approximate surface area is 94.8 Å². The van der Waals surface area contributed by atoms with E-state index in [-0.39, 0.29) is 17.3 Å². The Morgan fingerprint density at radius 1 is 1.50 bits per heavy atom. The zero-order chi connectivity index (χ0) is 10.7. The minimum Gasteiger partial charge on any atom is -0.297 e. The van der Waals surface area contributed by atoms with Crippen LogP contribution in [0.15, 0.2) is 19.9 Å². The molecule has 0 aliphatic rings. The van der Waals surface area contributed by atoms with Crippen molar-refractivity contribution in [1.29, 1.82) is 0 Å². The fraction of sp³-hybridized carbons (Fsp3) is 0.333. The molecule has 0 bridgehead atoms. The largest absolute Gasteiger partial charge is 0.328 e. The summed E-state index contributed by atoms with van der Waals surface area (Å²) >= 11 is 2.02. The molecule has 14 heavy (non-hydrogen) atoms. The highest BCUT2D eigenvalue weighted by Crippen LogP contribution is 2.01. The maximum absolute atomic E-state index is 11.3. The molecule has 0 radical (unpaired) electrons. The Balaban J connectivity index is 3.42. The second kappa shape index (κ2) is 4.59. The van der Waals surface area contributed by atoms with E-state index in [0.717, 1.165) is 0 Å². The lowest BCUT2D eigenvalue weighted by atomic mass is 10.3. The average molecular weight is 306 g/mol. The third-order valence-corrected chi connectivity index (χ3v) is 2.15. The summed E-state index contributed by atoms with van der Waals surface area (Å²) in [5.41, 5.74) is -0.219. The molecule has 1 aromatic rings. The van der Waals surface area contributed by atoms with Gasteiger partial charge in [0.1, 0.15) is 0 Å². The molecule has 5 heteroatoms. The number of aromatic nitrogens is 2. The molecule has 0 saturated carbocycles. The van der Waals surface area contributed by atoms with Crippen LogP contribution in [-0.4, -0.2) is 9.55 Å². The number of nitrogens with zero attached hydrogens (tertiary/aromatic N) is 1. The van der Waals surface area contributed by atoms with Crippen LogP contribution in [0.25, 0.3) is 6.08 Å². The molecule has 0 amide bonds. The minimum atomic E-state index is -0.365. The molecule has 1 aromatic heterocycles. The van der Waals surface area contributed by atoms with Gasteiger partial charge in [0.15, 0.2) is 0 Å². The SMILES string of the molecule is CC(C)n1cc(/C=C/I)c(=O)[nH]c1=O. The van der Waals surface area contributed by atoms with Crippen LogP contribution in [0.4, 0.5) is 0 Å². The Kier molecular flexibility index (Phi) is 3.68. The first-order valence-corrected chi connectivity index (χ1v) is 5.43. The van der Waals surface area contributed by atoms with E-state index in [9.17, 15) is 9.59 Å². The van der Waals surface area contributed by atoms with E-state index >= 15 is 0 Å². The van der Waals surface area contributed by atoms with Crippen molar-refractivity contribution in [2.75, 3.05) is 0 Å². The number of nitrogens with one attached hydrogen (secondary N) is 1. The van der Waals surface area contributed by atoms with E-state index in [1.54, 1.807) is 16.4 Å². The molecule has 0 aliphatic heterocycles. The Hall–Kier alpha value is -0.850. The molecule has 1 N–H and O–H groups in total. The molecule has 4 nitrogen and oxygen atoms in total. The standard InChI is InChI=1S/C9H11IN2O2/c1-6(2)12-5-7(3-4-10)8(13)11-9(12)14/h3-6H,1-2H3,(H,11,13,14)/b4-3+. The summed E-state index contributed by atoms with van der Waals surface area (Å²) in [6.45, 7) is 3.77. The number of aromatic amines is 1. The summed E-state index contributed by atoms with van der Waals surface area (Å²) in [7, 11) is 0. The van der Waals surface area contributed by atoms with Crippen molar-refractivity contribution in [3.05, 3.63) is 36.7 Å². The van der Waals surface area contributed by atoms with Gasteiger partial charge in [0, 0.05) is 12.2 Å². The zero-order valence-corrected chi connectivity index (χ0v) is 10.1. The van der Waals surface area contributed by atoms with Gasteiger partial charge in [0.05, 0.1) is 5.56 Å². The van der Waals surface area contributed by atoms with Gasteiger partial charge in [-0.25, -0.2) is 4.79 Å². The van der Waals surface area contributed by atoms with Crippen LogP contribution in [0.1, 0.15) is 25.5 Å². The Morgan fingerprint density at radius 3 is 2.64 bits per heavy atom. The van der Waals surface area contributed by atoms with Gasteiger partial charge in [-0.1, -0.05) is 22.6 Å². The topological polar surface area (TPSA) is 54.9 Å². The maximum Gasteiger partial charge on any atom is 0.328 e. The zero-order valence-electron chi connectivity index (χ0n) is 7.95. The van der Waals surface area contributed by atoms with Crippen LogP contribution in [-0.2, 0) is 0 Å². The summed E-state index contributed by atoms with van der Waals surface area (Å²) in [6.07, 6.45) is 3.23. The first-order chi connectivity index (χ1) is 6.56. The summed E-state index contributed by atoms with van der Waals surface area (Å²) in [4.78, 5) is 24.9. The lowest BCUT2D eigenvalue weighted by Gasteiger charge is -2.08. The van der Waals surface area contributed by atoms with Gasteiger partial charge in [-0.15, -0.1) is 0 Å². The van der Waals surface area contributed by atoms with Crippen molar-refractivity contribution in [3.63, 3.8) is 0 Å². The van der Waals surface area contributed by atoms with E-state index < -0.39 is 0 Å². The Bertz CT molecular complexity index is 457. The monoisotopic (exact) mass is 306 g/mol. The molecular formula is C9H11IN2O2. The van der Waals surface area contributed by atoms with Crippen molar-refractivity contribution in [3.8, 4) is 0 Å². The third kappa shape index (κ3) is 2.34. The smallest absolute Gasteiger partial charge is 0.297 e. The Morgan fingerprint density at radius 2 is 2.14 bits per heavy atom. The van der Waals surface area contributed by atoms with Gasteiger partial charge >= 0.3 is 5.69 Å².